The minimum absolute atomic E-state index is 0.264. The molecule has 0 aliphatic heterocycles. The quantitative estimate of drug-likeness (QED) is 0.371. The summed E-state index contributed by atoms with van der Waals surface area (Å²) < 4.78 is 25.9. The summed E-state index contributed by atoms with van der Waals surface area (Å²) in [6, 6.07) is 12.5. The minimum atomic E-state index is -0.941. The number of nitrogens with one attached hydrogen (secondary N) is 1. The third-order valence-electron chi connectivity index (χ3n) is 2.33. The van der Waals surface area contributed by atoms with E-state index in [-0.39, 0.29) is 5.84 Å². The van der Waals surface area contributed by atoms with Crippen LogP contribution in [-0.4, -0.2) is 5.84 Å². The summed E-state index contributed by atoms with van der Waals surface area (Å²) in [5, 5.41) is 0. The number of nitrogens with two attached hydrogens (primary N) is 1. The third-order valence-corrected chi connectivity index (χ3v) is 2.33. The second kappa shape index (κ2) is 5.37. The summed E-state index contributed by atoms with van der Waals surface area (Å²) >= 11 is 0. The molecule has 0 fully saturated rings. The summed E-state index contributed by atoms with van der Waals surface area (Å²) in [6.07, 6.45) is 0. The van der Waals surface area contributed by atoms with Gasteiger partial charge in [0.2, 0.25) is 0 Å². The molecule has 0 heterocycles. The van der Waals surface area contributed by atoms with Crippen LogP contribution in [0.25, 0.3) is 0 Å². The average molecular weight is 247 g/mol. The Kier molecular flexibility index (Phi) is 3.64. The highest BCUT2D eigenvalue weighted by Crippen LogP contribution is 2.14. The van der Waals surface area contributed by atoms with E-state index < -0.39 is 11.6 Å². The number of benzene rings is 2. The van der Waals surface area contributed by atoms with Gasteiger partial charge in [0.05, 0.1) is 5.69 Å². The number of nitrogens with zero attached hydrogens (tertiary/aromatic N) is 1. The van der Waals surface area contributed by atoms with E-state index in [1.807, 2.05) is 18.2 Å². The highest BCUT2D eigenvalue weighted by Gasteiger charge is 2.07. The van der Waals surface area contributed by atoms with Crippen molar-refractivity contribution in [2.24, 2.45) is 10.8 Å². The first kappa shape index (κ1) is 12.2. The zero-order chi connectivity index (χ0) is 13.0. The topological polar surface area (TPSA) is 50.4 Å². The Bertz CT molecular complexity index is 568. The lowest BCUT2D eigenvalue weighted by molar-refractivity contribution is 0.508. The van der Waals surface area contributed by atoms with Crippen molar-refractivity contribution < 1.29 is 8.78 Å². The van der Waals surface area contributed by atoms with Crippen LogP contribution in [0.4, 0.5) is 14.5 Å². The Labute approximate surface area is 103 Å². The van der Waals surface area contributed by atoms with Crippen molar-refractivity contribution in [2.45, 2.75) is 0 Å². The van der Waals surface area contributed by atoms with E-state index in [4.69, 9.17) is 5.84 Å². The van der Waals surface area contributed by atoms with Crippen LogP contribution in [0.15, 0.2) is 53.5 Å². The second-order valence-electron chi connectivity index (χ2n) is 3.57. The molecule has 0 aliphatic rings. The average Bonchev–Trinajstić information content (AvgIpc) is 2.40. The van der Waals surface area contributed by atoms with Crippen LogP contribution in [0.5, 0.6) is 0 Å². The molecule has 0 saturated heterocycles. The molecular formula is C13H11F2N3. The highest BCUT2D eigenvalue weighted by molar-refractivity contribution is 5.99. The molecule has 0 atom stereocenters. The molecular weight excluding hydrogens is 236 g/mol. The van der Waals surface area contributed by atoms with Gasteiger partial charge in [0, 0.05) is 5.56 Å². The van der Waals surface area contributed by atoms with E-state index in [0.29, 0.717) is 11.3 Å². The number of hydrogen-bond acceptors (Lipinski definition) is 2. The lowest BCUT2D eigenvalue weighted by atomic mass is 10.2. The lowest BCUT2D eigenvalue weighted by Crippen LogP contribution is -2.31. The maximum atomic E-state index is 13.1. The Morgan fingerprint density at radius 3 is 2.33 bits per heavy atom. The molecule has 0 aliphatic carbocycles. The second-order valence-corrected chi connectivity index (χ2v) is 3.57. The largest absolute Gasteiger partial charge is 0.308 e. The maximum Gasteiger partial charge on any atom is 0.159 e. The normalized spacial score (nSPS) is 11.4. The van der Waals surface area contributed by atoms with Gasteiger partial charge in [-0.15, -0.1) is 0 Å². The van der Waals surface area contributed by atoms with Gasteiger partial charge in [0.25, 0.3) is 0 Å². The molecule has 2 aromatic rings. The van der Waals surface area contributed by atoms with Gasteiger partial charge in [-0.1, -0.05) is 18.2 Å². The van der Waals surface area contributed by atoms with Crippen LogP contribution in [0, 0.1) is 11.6 Å². The van der Waals surface area contributed by atoms with Gasteiger partial charge < -0.3 is 5.43 Å². The fourth-order valence-corrected chi connectivity index (χ4v) is 1.46. The van der Waals surface area contributed by atoms with Gasteiger partial charge in [-0.25, -0.2) is 19.6 Å². The summed E-state index contributed by atoms with van der Waals surface area (Å²) in [6.45, 7) is 0. The molecule has 0 amide bonds. The Balaban J connectivity index is 2.39. The Morgan fingerprint density at radius 2 is 1.72 bits per heavy atom. The molecule has 0 radical (unpaired) electrons. The first-order valence-corrected chi connectivity index (χ1v) is 5.26. The molecule has 18 heavy (non-hydrogen) atoms. The number of amidine groups is 1. The predicted molar refractivity (Wildman–Crippen MR) is 66.3 cm³/mol. The summed E-state index contributed by atoms with van der Waals surface area (Å²) in [7, 11) is 0. The Morgan fingerprint density at radius 1 is 1.00 bits per heavy atom. The minimum Gasteiger partial charge on any atom is -0.308 e. The fraction of sp³-hybridized carbons (Fsp3) is 0. The van der Waals surface area contributed by atoms with E-state index in [9.17, 15) is 8.78 Å². The predicted octanol–water partition coefficient (Wildman–Crippen LogP) is 2.51. The molecule has 2 rings (SSSR count). The molecule has 0 aromatic heterocycles. The third kappa shape index (κ3) is 2.70. The summed E-state index contributed by atoms with van der Waals surface area (Å²) in [5.74, 6) is 3.76. The number of halogens is 2. The number of rotatable bonds is 2. The van der Waals surface area contributed by atoms with Crippen LogP contribution in [-0.2, 0) is 0 Å². The van der Waals surface area contributed by atoms with Gasteiger partial charge in [-0.3, -0.25) is 0 Å². The van der Waals surface area contributed by atoms with Crippen molar-refractivity contribution in [3.63, 3.8) is 0 Å². The van der Waals surface area contributed by atoms with Gasteiger partial charge in [-0.2, -0.15) is 0 Å². The molecule has 3 nitrogen and oxygen atoms in total. The van der Waals surface area contributed by atoms with Crippen molar-refractivity contribution in [3.05, 3.63) is 65.7 Å². The monoisotopic (exact) mass is 247 g/mol. The highest BCUT2D eigenvalue weighted by atomic mass is 19.2. The van der Waals surface area contributed by atoms with Crippen LogP contribution in [0.3, 0.4) is 0 Å². The smallest absolute Gasteiger partial charge is 0.159 e. The molecule has 92 valence electrons. The lowest BCUT2D eigenvalue weighted by Gasteiger charge is -2.06. The van der Waals surface area contributed by atoms with E-state index in [0.717, 1.165) is 12.1 Å². The first-order chi connectivity index (χ1) is 8.70. The van der Waals surface area contributed by atoms with E-state index in [1.54, 1.807) is 12.1 Å². The molecule has 0 bridgehead atoms. The van der Waals surface area contributed by atoms with Crippen LogP contribution < -0.4 is 11.3 Å². The zero-order valence-electron chi connectivity index (χ0n) is 9.40. The van der Waals surface area contributed by atoms with E-state index >= 15 is 0 Å². The van der Waals surface area contributed by atoms with E-state index in [2.05, 4.69) is 10.4 Å². The first-order valence-electron chi connectivity index (χ1n) is 5.26. The van der Waals surface area contributed by atoms with Crippen molar-refractivity contribution in [1.82, 2.24) is 5.43 Å². The van der Waals surface area contributed by atoms with Crippen LogP contribution >= 0.6 is 0 Å². The zero-order valence-corrected chi connectivity index (χ0v) is 9.40. The molecule has 0 unspecified atom stereocenters. The van der Waals surface area contributed by atoms with Gasteiger partial charge in [-0.05, 0) is 30.3 Å². The summed E-state index contributed by atoms with van der Waals surface area (Å²) in [4.78, 5) is 4.21. The van der Waals surface area contributed by atoms with Crippen molar-refractivity contribution in [1.29, 1.82) is 0 Å². The van der Waals surface area contributed by atoms with Crippen LogP contribution in [0.2, 0.25) is 0 Å². The SMILES string of the molecule is NNC(=Nc1ccccc1)c1ccc(F)c(F)c1. The van der Waals surface area contributed by atoms with Gasteiger partial charge >= 0.3 is 0 Å². The molecule has 5 heteroatoms. The molecule has 0 spiro atoms. The molecule has 0 saturated carbocycles. The molecule has 3 N–H and O–H groups in total. The number of aliphatic imine (C=N–C) groups is 1. The Hall–Kier alpha value is -2.27. The van der Waals surface area contributed by atoms with Gasteiger partial charge in [0.1, 0.15) is 5.84 Å². The van der Waals surface area contributed by atoms with Crippen molar-refractivity contribution in [2.75, 3.05) is 0 Å². The number of hydrazine groups is 1. The molecule has 2 aromatic carbocycles. The standard InChI is InChI=1S/C13H11F2N3/c14-11-7-6-9(8-12(11)15)13(18-16)17-10-4-2-1-3-5-10/h1-8H,16H2,(H,17,18). The number of para-hydroxylation sites is 1. The van der Waals surface area contributed by atoms with Crippen molar-refractivity contribution in [3.8, 4) is 0 Å². The van der Waals surface area contributed by atoms with Crippen LogP contribution in [0.1, 0.15) is 5.56 Å². The van der Waals surface area contributed by atoms with Gasteiger partial charge in [0.15, 0.2) is 11.6 Å². The number of hydrogen-bond donors (Lipinski definition) is 2. The van der Waals surface area contributed by atoms with E-state index in [1.165, 1.54) is 6.07 Å². The fourth-order valence-electron chi connectivity index (χ4n) is 1.46. The summed E-state index contributed by atoms with van der Waals surface area (Å²) in [5.41, 5.74) is 3.41. The van der Waals surface area contributed by atoms with Crippen molar-refractivity contribution >= 4 is 11.5 Å². The maximum absolute atomic E-state index is 13.1.